The van der Waals surface area contributed by atoms with E-state index in [1.54, 1.807) is 0 Å². The molecule has 0 amide bonds. The Kier molecular flexibility index (Phi) is 14.7. The van der Waals surface area contributed by atoms with Crippen LogP contribution in [0.3, 0.4) is 0 Å². The summed E-state index contributed by atoms with van der Waals surface area (Å²) in [6.07, 6.45) is 29.9. The highest BCUT2D eigenvalue weighted by Gasteiger charge is 2.20. The molecule has 206 valence electrons. The summed E-state index contributed by atoms with van der Waals surface area (Å²) in [6, 6.07) is 8.30. The Labute approximate surface area is 228 Å². The maximum atomic E-state index is 6.05. The zero-order chi connectivity index (χ0) is 26.0. The molecule has 0 aliphatic heterocycles. The molecule has 0 spiro atoms. The molecule has 0 atom stereocenters. The molecule has 1 heterocycles. The van der Waals surface area contributed by atoms with Crippen LogP contribution in [0.25, 0.3) is 11.4 Å². The number of aryl methyl sites for hydroxylation is 1. The maximum absolute atomic E-state index is 6.05. The van der Waals surface area contributed by atoms with E-state index in [2.05, 4.69) is 48.1 Å². The molecular weight excluding hydrogens is 452 g/mol. The summed E-state index contributed by atoms with van der Waals surface area (Å²) in [5, 5.41) is 0. The molecule has 1 saturated carbocycles. The zero-order valence-electron chi connectivity index (χ0n) is 24.1. The molecule has 1 aliphatic rings. The Morgan fingerprint density at radius 2 is 1.19 bits per heavy atom. The minimum Gasteiger partial charge on any atom is -0.494 e. The summed E-state index contributed by atoms with van der Waals surface area (Å²) in [6.45, 7) is 5.39. The molecule has 37 heavy (non-hydrogen) atoms. The van der Waals surface area contributed by atoms with E-state index in [0.29, 0.717) is 0 Å². The lowest BCUT2D eigenvalue weighted by molar-refractivity contribution is 0.228. The highest BCUT2D eigenvalue weighted by molar-refractivity contribution is 5.55. The van der Waals surface area contributed by atoms with Crippen molar-refractivity contribution in [3.8, 4) is 17.1 Å². The number of hydrogen-bond donors (Lipinski definition) is 0. The maximum Gasteiger partial charge on any atom is 0.159 e. The van der Waals surface area contributed by atoms with Crippen LogP contribution in [-0.2, 0) is 6.42 Å². The Balaban J connectivity index is 1.26. The van der Waals surface area contributed by atoms with E-state index in [-0.39, 0.29) is 0 Å². The topological polar surface area (TPSA) is 35.0 Å². The number of nitrogens with zero attached hydrogens (tertiary/aromatic N) is 2. The molecule has 3 nitrogen and oxygen atoms in total. The van der Waals surface area contributed by atoms with E-state index in [4.69, 9.17) is 4.74 Å². The highest BCUT2D eigenvalue weighted by atomic mass is 16.5. The van der Waals surface area contributed by atoms with Crippen LogP contribution in [0, 0.1) is 11.8 Å². The Morgan fingerprint density at radius 3 is 1.81 bits per heavy atom. The normalized spacial score (nSPS) is 17.7. The monoisotopic (exact) mass is 506 g/mol. The molecule has 1 aliphatic carbocycles. The Morgan fingerprint density at radius 1 is 0.649 bits per heavy atom. The summed E-state index contributed by atoms with van der Waals surface area (Å²) >= 11 is 0. The Bertz CT molecular complexity index is 809. The van der Waals surface area contributed by atoms with Gasteiger partial charge in [0.25, 0.3) is 0 Å². The number of benzene rings is 1. The fourth-order valence-electron chi connectivity index (χ4n) is 5.85. The van der Waals surface area contributed by atoms with Gasteiger partial charge in [0.1, 0.15) is 5.75 Å². The lowest BCUT2D eigenvalue weighted by atomic mass is 9.78. The van der Waals surface area contributed by atoms with Crippen molar-refractivity contribution in [3.63, 3.8) is 0 Å². The largest absolute Gasteiger partial charge is 0.494 e. The lowest BCUT2D eigenvalue weighted by Crippen LogP contribution is -2.15. The molecule has 0 bridgehead atoms. The van der Waals surface area contributed by atoms with Crippen LogP contribution in [0.2, 0.25) is 0 Å². The van der Waals surface area contributed by atoms with Crippen molar-refractivity contribution in [3.05, 3.63) is 42.2 Å². The molecule has 3 rings (SSSR count). The van der Waals surface area contributed by atoms with Gasteiger partial charge in [0.2, 0.25) is 0 Å². The van der Waals surface area contributed by atoms with E-state index in [1.807, 2.05) is 12.4 Å². The number of aromatic nitrogens is 2. The Hall–Kier alpha value is -1.90. The molecule has 1 fully saturated rings. The minimum atomic E-state index is 0.801. The van der Waals surface area contributed by atoms with Gasteiger partial charge in [0.05, 0.1) is 6.61 Å². The predicted octanol–water partition coefficient (Wildman–Crippen LogP) is 10.4. The summed E-state index contributed by atoms with van der Waals surface area (Å²) in [4.78, 5) is 9.23. The predicted molar refractivity (Wildman–Crippen MR) is 158 cm³/mol. The summed E-state index contributed by atoms with van der Waals surface area (Å²) < 4.78 is 6.05. The zero-order valence-corrected chi connectivity index (χ0v) is 24.1. The van der Waals surface area contributed by atoms with Gasteiger partial charge in [-0.3, -0.25) is 0 Å². The second-order valence-corrected chi connectivity index (χ2v) is 11.5. The molecule has 1 aromatic carbocycles. The SMILES string of the molecule is CCCCCCCCc1cnc(-c2ccc(OCCCC3CCC(CCCCCCC)CC3)cc2)nc1. The van der Waals surface area contributed by atoms with Crippen molar-refractivity contribution in [1.29, 1.82) is 0 Å². The van der Waals surface area contributed by atoms with Crippen molar-refractivity contribution in [2.24, 2.45) is 11.8 Å². The van der Waals surface area contributed by atoms with E-state index in [9.17, 15) is 0 Å². The first-order valence-corrected chi connectivity index (χ1v) is 15.8. The van der Waals surface area contributed by atoms with Crippen molar-refractivity contribution in [1.82, 2.24) is 9.97 Å². The third kappa shape index (κ3) is 12.0. The van der Waals surface area contributed by atoms with Crippen molar-refractivity contribution in [2.75, 3.05) is 6.61 Å². The van der Waals surface area contributed by atoms with Gasteiger partial charge in [0, 0.05) is 18.0 Å². The molecule has 1 aromatic heterocycles. The summed E-state index contributed by atoms with van der Waals surface area (Å²) in [7, 11) is 0. The molecule has 0 saturated heterocycles. The van der Waals surface area contributed by atoms with Gasteiger partial charge >= 0.3 is 0 Å². The molecule has 0 unspecified atom stereocenters. The standard InChI is InChI=1S/C34H54N2O/c1-3-5-7-9-11-13-16-31-27-35-34(36-28-31)32-22-24-33(25-23-32)37-26-14-17-30-20-18-29(19-21-30)15-12-10-8-6-4-2/h22-25,27-30H,3-21,26H2,1-2H3. The van der Waals surface area contributed by atoms with Gasteiger partial charge in [0.15, 0.2) is 5.82 Å². The second kappa shape index (κ2) is 18.4. The first kappa shape index (κ1) is 29.7. The lowest BCUT2D eigenvalue weighted by Gasteiger charge is -2.28. The van der Waals surface area contributed by atoms with E-state index in [0.717, 1.165) is 48.4 Å². The second-order valence-electron chi connectivity index (χ2n) is 11.5. The number of hydrogen-bond acceptors (Lipinski definition) is 3. The average Bonchev–Trinajstić information content (AvgIpc) is 2.94. The highest BCUT2D eigenvalue weighted by Crippen LogP contribution is 2.34. The van der Waals surface area contributed by atoms with Crippen LogP contribution < -0.4 is 4.74 Å². The van der Waals surface area contributed by atoms with Gasteiger partial charge in [-0.1, -0.05) is 110 Å². The van der Waals surface area contributed by atoms with Crippen molar-refractivity contribution in [2.45, 2.75) is 136 Å². The minimum absolute atomic E-state index is 0.801. The van der Waals surface area contributed by atoms with Crippen LogP contribution in [0.5, 0.6) is 5.75 Å². The van der Waals surface area contributed by atoms with Crippen LogP contribution >= 0.6 is 0 Å². The van der Waals surface area contributed by atoms with E-state index >= 15 is 0 Å². The average molecular weight is 507 g/mol. The quantitative estimate of drug-likeness (QED) is 0.178. The van der Waals surface area contributed by atoms with Gasteiger partial charge in [-0.05, 0) is 67.3 Å². The van der Waals surface area contributed by atoms with Crippen LogP contribution in [0.1, 0.15) is 135 Å². The third-order valence-electron chi connectivity index (χ3n) is 8.34. The fraction of sp³-hybridized carbons (Fsp3) is 0.706. The van der Waals surface area contributed by atoms with Crippen LogP contribution in [0.15, 0.2) is 36.7 Å². The molecule has 0 radical (unpaired) electrons. The summed E-state index contributed by atoms with van der Waals surface area (Å²) in [5.74, 6) is 3.68. The summed E-state index contributed by atoms with van der Waals surface area (Å²) in [5.41, 5.74) is 2.30. The van der Waals surface area contributed by atoms with Gasteiger partial charge < -0.3 is 4.74 Å². The van der Waals surface area contributed by atoms with Crippen LogP contribution in [0.4, 0.5) is 0 Å². The van der Waals surface area contributed by atoms with E-state index < -0.39 is 0 Å². The number of ether oxygens (including phenoxy) is 1. The van der Waals surface area contributed by atoms with Crippen LogP contribution in [-0.4, -0.2) is 16.6 Å². The van der Waals surface area contributed by atoms with Crippen molar-refractivity contribution >= 4 is 0 Å². The van der Waals surface area contributed by atoms with Gasteiger partial charge in [-0.25, -0.2) is 9.97 Å². The van der Waals surface area contributed by atoms with Crippen molar-refractivity contribution < 1.29 is 4.74 Å². The molecule has 3 heteroatoms. The number of rotatable bonds is 19. The fourth-order valence-corrected chi connectivity index (χ4v) is 5.85. The van der Waals surface area contributed by atoms with Gasteiger partial charge in [-0.2, -0.15) is 0 Å². The van der Waals surface area contributed by atoms with Gasteiger partial charge in [-0.15, -0.1) is 0 Å². The number of unbranched alkanes of at least 4 members (excludes halogenated alkanes) is 9. The van der Waals surface area contributed by atoms with E-state index in [1.165, 1.54) is 115 Å². The first-order valence-electron chi connectivity index (χ1n) is 15.8. The smallest absolute Gasteiger partial charge is 0.159 e. The molecule has 0 N–H and O–H groups in total. The molecular formula is C34H54N2O. The molecule has 2 aromatic rings. The first-order chi connectivity index (χ1) is 18.3. The third-order valence-corrected chi connectivity index (χ3v) is 8.34.